The van der Waals surface area contributed by atoms with Gasteiger partial charge in [0, 0.05) is 44.6 Å². The average Bonchev–Trinajstić information content (AvgIpc) is 3.74. The normalized spacial score (nSPS) is 22.2. The van der Waals surface area contributed by atoms with E-state index in [9.17, 15) is 0 Å². The van der Waals surface area contributed by atoms with E-state index in [0.717, 1.165) is 6.42 Å². The van der Waals surface area contributed by atoms with Gasteiger partial charge >= 0.3 is 6.85 Å². The van der Waals surface area contributed by atoms with Gasteiger partial charge in [-0.1, -0.05) is 152 Å². The SMILES string of the molecule is CCCCc1cc2c3c(c1)C1(C)CCCCC1(C)N3c1cc3ccccc3c3c1B2N(c1ccc2c(c1)C(C)(C)c1ccccc1-2)c1cc2c(cc1-3)-c1ccccc1C2(C)C. The molecule has 3 heteroatoms. The van der Waals surface area contributed by atoms with Gasteiger partial charge in [0.1, 0.15) is 0 Å². The van der Waals surface area contributed by atoms with Gasteiger partial charge in [-0.05, 0) is 146 Å². The monoisotopic (exact) mass is 790 g/mol. The third-order valence-corrected chi connectivity index (χ3v) is 17.3. The molecular formula is C58H55BN2. The van der Waals surface area contributed by atoms with Crippen LogP contribution in [-0.2, 0) is 22.7 Å². The molecule has 0 bridgehead atoms. The highest BCUT2D eigenvalue weighted by molar-refractivity contribution is 6.94. The quantitative estimate of drug-likeness (QED) is 0.164. The summed E-state index contributed by atoms with van der Waals surface area (Å²) in [6.07, 6.45) is 8.53. The Hall–Kier alpha value is -5.54. The second-order valence-corrected chi connectivity index (χ2v) is 21.0. The number of rotatable bonds is 4. The molecule has 0 saturated heterocycles. The predicted molar refractivity (Wildman–Crippen MR) is 260 cm³/mol. The van der Waals surface area contributed by atoms with Gasteiger partial charge in [-0.15, -0.1) is 0 Å². The van der Waals surface area contributed by atoms with Crippen molar-refractivity contribution in [2.45, 2.75) is 115 Å². The van der Waals surface area contributed by atoms with E-state index < -0.39 is 0 Å². The zero-order valence-electron chi connectivity index (χ0n) is 37.0. The summed E-state index contributed by atoms with van der Waals surface area (Å²) in [6.45, 7) is 17.4. The Morgan fingerprint density at radius 2 is 1.25 bits per heavy atom. The molecule has 1 fully saturated rings. The van der Waals surface area contributed by atoms with Crippen molar-refractivity contribution in [1.29, 1.82) is 0 Å². The lowest BCUT2D eigenvalue weighted by Gasteiger charge is -2.53. The molecule has 3 aliphatic carbocycles. The maximum absolute atomic E-state index is 2.92. The van der Waals surface area contributed by atoms with E-state index in [1.165, 1.54) is 144 Å². The smallest absolute Gasteiger partial charge is 0.333 e. The fraction of sp³-hybridized carbons (Fsp3) is 0.310. The molecule has 1 saturated carbocycles. The Morgan fingerprint density at radius 1 is 0.574 bits per heavy atom. The molecule has 2 nitrogen and oxygen atoms in total. The highest BCUT2D eigenvalue weighted by Gasteiger charge is 2.62. The van der Waals surface area contributed by atoms with Crippen LogP contribution in [0.1, 0.15) is 120 Å². The minimum Gasteiger partial charge on any atom is -0.376 e. The number of unbranched alkanes of at least 4 members (excludes halogenated alkanes) is 1. The van der Waals surface area contributed by atoms with Gasteiger partial charge in [0.15, 0.2) is 0 Å². The van der Waals surface area contributed by atoms with Gasteiger partial charge in [0.2, 0.25) is 0 Å². The maximum atomic E-state index is 2.92. The number of hydrogen-bond acceptors (Lipinski definition) is 2. The third-order valence-electron chi connectivity index (χ3n) is 17.3. The van der Waals surface area contributed by atoms with Crippen molar-refractivity contribution in [1.82, 2.24) is 0 Å². The standard InChI is InChI=1S/C58H55BN2/c1-8-9-18-35-29-48-54-49(30-35)59-53-51(60(54)58(7)28-17-16-27-57(48,58)6)31-36-19-10-11-20-38(36)52(53)43-33-42-40-22-13-15-24-45(40)56(4,5)47(42)34-50(43)61(59)37-25-26-41-39-21-12-14-23-44(39)55(2,3)46(41)32-37/h10-15,19-26,29-34H,8-9,16-18,27-28H2,1-7H3. The van der Waals surface area contributed by atoms with E-state index >= 15 is 0 Å². The number of fused-ring (bicyclic) bond motifs is 15. The number of anilines is 4. The van der Waals surface area contributed by atoms with Crippen LogP contribution in [0.3, 0.4) is 0 Å². The van der Waals surface area contributed by atoms with Gasteiger partial charge in [0.25, 0.3) is 0 Å². The van der Waals surface area contributed by atoms with Crippen LogP contribution in [-0.4, -0.2) is 12.4 Å². The Kier molecular flexibility index (Phi) is 7.04. The highest BCUT2D eigenvalue weighted by atomic mass is 15.3. The van der Waals surface area contributed by atoms with Crippen molar-refractivity contribution in [3.63, 3.8) is 0 Å². The Bertz CT molecular complexity index is 3100. The minimum absolute atomic E-state index is 0.0101. The van der Waals surface area contributed by atoms with Gasteiger partial charge in [-0.2, -0.15) is 0 Å². The molecule has 0 amide bonds. The molecule has 3 aliphatic heterocycles. The lowest BCUT2D eigenvalue weighted by Crippen LogP contribution is -2.64. The third kappa shape index (κ3) is 4.31. The van der Waals surface area contributed by atoms with Crippen LogP contribution in [0.2, 0.25) is 0 Å². The molecule has 13 rings (SSSR count). The van der Waals surface area contributed by atoms with Gasteiger partial charge in [-0.3, -0.25) is 0 Å². The average molecular weight is 791 g/mol. The van der Waals surface area contributed by atoms with E-state index in [4.69, 9.17) is 0 Å². The molecule has 7 aromatic rings. The summed E-state index contributed by atoms with van der Waals surface area (Å²) in [5.41, 5.74) is 25.5. The Labute approximate surface area is 362 Å². The predicted octanol–water partition coefficient (Wildman–Crippen LogP) is 13.8. The zero-order chi connectivity index (χ0) is 41.4. The largest absolute Gasteiger partial charge is 0.376 e. The first-order valence-corrected chi connectivity index (χ1v) is 23.3. The van der Waals surface area contributed by atoms with Crippen molar-refractivity contribution >= 4 is 51.3 Å². The second kappa shape index (κ2) is 11.9. The molecule has 6 aliphatic rings. The molecule has 2 unspecified atom stereocenters. The summed E-state index contributed by atoms with van der Waals surface area (Å²) < 4.78 is 0. The van der Waals surface area contributed by atoms with Crippen molar-refractivity contribution in [3.8, 4) is 33.4 Å². The van der Waals surface area contributed by atoms with Crippen molar-refractivity contribution in [2.24, 2.45) is 0 Å². The van der Waals surface area contributed by atoms with E-state index in [0.29, 0.717) is 0 Å². The van der Waals surface area contributed by atoms with Crippen molar-refractivity contribution in [2.75, 3.05) is 9.71 Å². The molecule has 0 aromatic heterocycles. The van der Waals surface area contributed by atoms with E-state index in [2.05, 4.69) is 180 Å². The zero-order valence-corrected chi connectivity index (χ0v) is 37.0. The van der Waals surface area contributed by atoms with Gasteiger partial charge in [0.05, 0.1) is 5.54 Å². The second-order valence-electron chi connectivity index (χ2n) is 21.0. The summed E-state index contributed by atoms with van der Waals surface area (Å²) in [7, 11) is 0. The Balaban J connectivity index is 1.18. The first-order valence-electron chi connectivity index (χ1n) is 23.3. The fourth-order valence-electron chi connectivity index (χ4n) is 14.0. The maximum Gasteiger partial charge on any atom is 0.333 e. The molecule has 0 spiro atoms. The topological polar surface area (TPSA) is 6.48 Å². The molecular weight excluding hydrogens is 735 g/mol. The number of nitrogens with zero attached hydrogens (tertiary/aromatic N) is 2. The number of aryl methyl sites for hydroxylation is 1. The van der Waals surface area contributed by atoms with Crippen LogP contribution in [0.4, 0.5) is 22.7 Å². The lowest BCUT2D eigenvalue weighted by molar-refractivity contribution is 0.195. The lowest BCUT2D eigenvalue weighted by atomic mass is 9.43. The summed E-state index contributed by atoms with van der Waals surface area (Å²) in [5.74, 6) is 0. The molecule has 61 heavy (non-hydrogen) atoms. The van der Waals surface area contributed by atoms with E-state index in [1.807, 2.05) is 0 Å². The molecule has 0 radical (unpaired) electrons. The first kappa shape index (κ1) is 36.1. The van der Waals surface area contributed by atoms with E-state index in [1.54, 1.807) is 5.56 Å². The number of benzene rings is 7. The van der Waals surface area contributed by atoms with Crippen LogP contribution in [0, 0.1) is 0 Å². The summed E-state index contributed by atoms with van der Waals surface area (Å²) in [6, 6.07) is 48.3. The van der Waals surface area contributed by atoms with Crippen LogP contribution < -0.4 is 20.6 Å². The molecule has 3 heterocycles. The molecule has 0 N–H and O–H groups in total. The molecule has 2 atom stereocenters. The van der Waals surface area contributed by atoms with Gasteiger partial charge in [-0.25, -0.2) is 0 Å². The molecule has 300 valence electrons. The number of hydrogen-bond donors (Lipinski definition) is 0. The Morgan fingerprint density at radius 3 is 2.02 bits per heavy atom. The van der Waals surface area contributed by atoms with Gasteiger partial charge < -0.3 is 9.71 Å². The summed E-state index contributed by atoms with van der Waals surface area (Å²) in [5, 5.41) is 2.70. The van der Waals surface area contributed by atoms with Crippen LogP contribution in [0.5, 0.6) is 0 Å². The van der Waals surface area contributed by atoms with Crippen molar-refractivity contribution in [3.05, 3.63) is 155 Å². The molecule has 7 aromatic carbocycles. The minimum atomic E-state index is -0.123. The van der Waals surface area contributed by atoms with E-state index in [-0.39, 0.29) is 28.6 Å². The van der Waals surface area contributed by atoms with Crippen LogP contribution in [0.15, 0.2) is 121 Å². The summed E-state index contributed by atoms with van der Waals surface area (Å²) in [4.78, 5) is 5.75. The highest BCUT2D eigenvalue weighted by Crippen LogP contribution is 2.63. The van der Waals surface area contributed by atoms with Crippen LogP contribution >= 0.6 is 0 Å². The summed E-state index contributed by atoms with van der Waals surface area (Å²) >= 11 is 0. The van der Waals surface area contributed by atoms with Crippen molar-refractivity contribution < 1.29 is 0 Å². The van der Waals surface area contributed by atoms with Crippen LogP contribution in [0.25, 0.3) is 44.2 Å². The fourth-order valence-corrected chi connectivity index (χ4v) is 14.0. The first-order chi connectivity index (χ1) is 29.5.